The second kappa shape index (κ2) is 7.31. The molecule has 0 N–H and O–H groups in total. The molecule has 2 nitrogen and oxygen atoms in total. The van der Waals surface area contributed by atoms with Gasteiger partial charge in [0.05, 0.1) is 12.3 Å². The maximum atomic E-state index is 5.93. The minimum Gasteiger partial charge on any atom is -0.489 e. The monoisotopic (exact) mass is 219 g/mol. The first-order valence-corrected chi connectivity index (χ1v) is 6.41. The zero-order chi connectivity index (χ0) is 11.8. The summed E-state index contributed by atoms with van der Waals surface area (Å²) in [6.07, 6.45) is 6.80. The summed E-state index contributed by atoms with van der Waals surface area (Å²) in [6.45, 7) is 6.51. The molecule has 0 aliphatic heterocycles. The number of ether oxygens (including phenoxy) is 1. The Morgan fingerprint density at radius 1 is 1.25 bits per heavy atom. The highest BCUT2D eigenvalue weighted by Crippen LogP contribution is 2.15. The summed E-state index contributed by atoms with van der Waals surface area (Å²) in [5.41, 5.74) is 1.12. The third-order valence-electron chi connectivity index (χ3n) is 2.68. The molecular weight excluding hydrogens is 197 g/mol. The molecule has 0 unspecified atom stereocenters. The average molecular weight is 219 g/mol. The van der Waals surface area contributed by atoms with Gasteiger partial charge in [0.1, 0.15) is 5.75 Å². The Morgan fingerprint density at radius 2 is 1.94 bits per heavy atom. The van der Waals surface area contributed by atoms with Crippen LogP contribution in [0.15, 0.2) is 18.3 Å². The van der Waals surface area contributed by atoms with Gasteiger partial charge in [0.15, 0.2) is 7.28 Å². The van der Waals surface area contributed by atoms with Crippen LogP contribution in [0.1, 0.15) is 39.5 Å². The van der Waals surface area contributed by atoms with E-state index in [1.165, 1.54) is 12.8 Å². The first-order valence-electron chi connectivity index (χ1n) is 6.41. The molecule has 88 valence electrons. The molecule has 0 fully saturated rings. The van der Waals surface area contributed by atoms with Gasteiger partial charge in [0, 0.05) is 0 Å². The first-order chi connectivity index (χ1) is 7.80. The van der Waals surface area contributed by atoms with Crippen LogP contribution in [0.25, 0.3) is 0 Å². The van der Waals surface area contributed by atoms with E-state index in [1.54, 1.807) is 0 Å². The molecule has 3 heteroatoms. The first kappa shape index (κ1) is 13.1. The van der Waals surface area contributed by atoms with E-state index in [1.807, 2.05) is 18.3 Å². The lowest BCUT2D eigenvalue weighted by molar-refractivity contribution is 0.178. The zero-order valence-electron chi connectivity index (χ0n) is 10.7. The SMILES string of the molecule is CBc1ccc(OC(CCC)CCC)cn1. The van der Waals surface area contributed by atoms with Crippen molar-refractivity contribution in [1.29, 1.82) is 0 Å². The smallest absolute Gasteiger partial charge is 0.179 e. The lowest BCUT2D eigenvalue weighted by Gasteiger charge is -2.17. The summed E-state index contributed by atoms with van der Waals surface area (Å²) in [5.74, 6) is 0.907. The van der Waals surface area contributed by atoms with Crippen LogP contribution in [-0.2, 0) is 0 Å². The Labute approximate surface area is 99.7 Å². The highest BCUT2D eigenvalue weighted by molar-refractivity contribution is 6.50. The van der Waals surface area contributed by atoms with E-state index in [4.69, 9.17) is 4.74 Å². The number of rotatable bonds is 7. The third-order valence-corrected chi connectivity index (χ3v) is 2.68. The van der Waals surface area contributed by atoms with Gasteiger partial charge < -0.3 is 4.74 Å². The lowest BCUT2D eigenvalue weighted by atomic mass is 9.78. The fourth-order valence-corrected chi connectivity index (χ4v) is 1.79. The van der Waals surface area contributed by atoms with Crippen LogP contribution in [0.2, 0.25) is 6.82 Å². The molecule has 0 saturated heterocycles. The number of hydrogen-bond donors (Lipinski definition) is 0. The quantitative estimate of drug-likeness (QED) is 0.657. The fraction of sp³-hybridized carbons (Fsp3) is 0.615. The predicted molar refractivity (Wildman–Crippen MR) is 71.1 cm³/mol. The highest BCUT2D eigenvalue weighted by atomic mass is 16.5. The van der Waals surface area contributed by atoms with Gasteiger partial charge in [-0.25, -0.2) is 0 Å². The highest BCUT2D eigenvalue weighted by Gasteiger charge is 2.08. The predicted octanol–water partition coefficient (Wildman–Crippen LogP) is 2.54. The van der Waals surface area contributed by atoms with Crippen molar-refractivity contribution in [3.05, 3.63) is 18.3 Å². The molecule has 0 atom stereocenters. The molecular formula is C13H22BNO. The van der Waals surface area contributed by atoms with Crippen molar-refractivity contribution in [1.82, 2.24) is 4.98 Å². The number of pyridine rings is 1. The van der Waals surface area contributed by atoms with E-state index in [9.17, 15) is 0 Å². The molecule has 0 radical (unpaired) electrons. The Balaban J connectivity index is 2.54. The molecule has 0 aliphatic rings. The summed E-state index contributed by atoms with van der Waals surface area (Å²) in [5, 5.41) is 0. The standard InChI is InChI=1S/C13H22BNO/c1-4-6-11(7-5-2)16-12-8-9-13(14-3)15-10-12/h8-11,14H,4-7H2,1-3H3. The van der Waals surface area contributed by atoms with Crippen LogP contribution < -0.4 is 10.3 Å². The van der Waals surface area contributed by atoms with Gasteiger partial charge in [-0.3, -0.25) is 4.98 Å². The molecule has 0 aromatic carbocycles. The molecule has 1 rings (SSSR count). The average Bonchev–Trinajstić information content (AvgIpc) is 2.31. The zero-order valence-corrected chi connectivity index (χ0v) is 10.7. The fourth-order valence-electron chi connectivity index (χ4n) is 1.79. The maximum Gasteiger partial charge on any atom is 0.179 e. The number of hydrogen-bond acceptors (Lipinski definition) is 2. The van der Waals surface area contributed by atoms with Crippen LogP contribution in [0.5, 0.6) is 5.75 Å². The van der Waals surface area contributed by atoms with Gasteiger partial charge in [-0.2, -0.15) is 0 Å². The van der Waals surface area contributed by atoms with Crippen molar-refractivity contribution >= 4 is 12.9 Å². The van der Waals surface area contributed by atoms with Gasteiger partial charge in [0.2, 0.25) is 0 Å². The summed E-state index contributed by atoms with van der Waals surface area (Å²) in [7, 11) is 0.980. The number of aromatic nitrogens is 1. The van der Waals surface area contributed by atoms with Crippen molar-refractivity contribution in [2.45, 2.75) is 52.5 Å². The van der Waals surface area contributed by atoms with Crippen LogP contribution >= 0.6 is 0 Å². The van der Waals surface area contributed by atoms with Crippen LogP contribution in [0.3, 0.4) is 0 Å². The van der Waals surface area contributed by atoms with Gasteiger partial charge >= 0.3 is 0 Å². The molecule has 0 spiro atoms. The summed E-state index contributed by atoms with van der Waals surface area (Å²) in [6, 6.07) is 4.08. The molecule has 0 aliphatic carbocycles. The van der Waals surface area contributed by atoms with E-state index in [2.05, 4.69) is 25.7 Å². The van der Waals surface area contributed by atoms with Crippen molar-refractivity contribution in [2.75, 3.05) is 0 Å². The van der Waals surface area contributed by atoms with Crippen LogP contribution in [0, 0.1) is 0 Å². The van der Waals surface area contributed by atoms with E-state index in [0.717, 1.165) is 31.5 Å². The van der Waals surface area contributed by atoms with Crippen LogP contribution in [0.4, 0.5) is 0 Å². The Hall–Kier alpha value is -0.985. The van der Waals surface area contributed by atoms with Crippen LogP contribution in [-0.4, -0.2) is 18.4 Å². The molecule has 1 aromatic rings. The molecule has 0 bridgehead atoms. The third kappa shape index (κ3) is 4.25. The molecule has 1 aromatic heterocycles. The minimum absolute atomic E-state index is 0.351. The summed E-state index contributed by atoms with van der Waals surface area (Å²) < 4.78 is 5.93. The van der Waals surface area contributed by atoms with E-state index in [0.29, 0.717) is 6.10 Å². The minimum atomic E-state index is 0.351. The second-order valence-corrected chi connectivity index (χ2v) is 4.16. The van der Waals surface area contributed by atoms with Gasteiger partial charge in [-0.15, -0.1) is 0 Å². The van der Waals surface area contributed by atoms with Crippen molar-refractivity contribution in [3.63, 3.8) is 0 Å². The largest absolute Gasteiger partial charge is 0.489 e. The molecule has 1 heterocycles. The lowest BCUT2D eigenvalue weighted by Crippen LogP contribution is -2.18. The second-order valence-electron chi connectivity index (χ2n) is 4.16. The van der Waals surface area contributed by atoms with Crippen molar-refractivity contribution < 1.29 is 4.74 Å². The number of nitrogens with zero attached hydrogens (tertiary/aromatic N) is 1. The van der Waals surface area contributed by atoms with Gasteiger partial charge in [0.25, 0.3) is 0 Å². The van der Waals surface area contributed by atoms with Crippen molar-refractivity contribution in [3.8, 4) is 5.75 Å². The summed E-state index contributed by atoms with van der Waals surface area (Å²) in [4.78, 5) is 4.35. The molecule has 0 saturated carbocycles. The topological polar surface area (TPSA) is 22.1 Å². The Kier molecular flexibility index (Phi) is 5.98. The van der Waals surface area contributed by atoms with E-state index in [-0.39, 0.29) is 0 Å². The Bertz CT molecular complexity index is 280. The molecule has 0 amide bonds. The normalized spacial score (nSPS) is 10.5. The maximum absolute atomic E-state index is 5.93. The summed E-state index contributed by atoms with van der Waals surface area (Å²) >= 11 is 0. The van der Waals surface area contributed by atoms with E-state index < -0.39 is 0 Å². The van der Waals surface area contributed by atoms with Gasteiger partial charge in [-0.1, -0.05) is 33.5 Å². The van der Waals surface area contributed by atoms with E-state index >= 15 is 0 Å². The Morgan fingerprint density at radius 3 is 2.38 bits per heavy atom. The van der Waals surface area contributed by atoms with Crippen molar-refractivity contribution in [2.24, 2.45) is 0 Å². The molecule has 16 heavy (non-hydrogen) atoms. The van der Waals surface area contributed by atoms with Gasteiger partial charge in [-0.05, 0) is 30.6 Å².